The topological polar surface area (TPSA) is 45.0 Å². The lowest BCUT2D eigenvalue weighted by molar-refractivity contribution is 0.412. The summed E-state index contributed by atoms with van der Waals surface area (Å²) in [5.41, 5.74) is 2.55. The fourth-order valence-electron chi connectivity index (χ4n) is 2.10. The first-order valence-corrected chi connectivity index (χ1v) is 6.75. The highest BCUT2D eigenvalue weighted by molar-refractivity contribution is 5.45. The molecular weight excluding hydrogens is 267 g/mol. The second-order valence-corrected chi connectivity index (χ2v) is 4.70. The minimum absolute atomic E-state index is 0.204. The summed E-state index contributed by atoms with van der Waals surface area (Å²) in [6.45, 7) is 1.43. The van der Waals surface area contributed by atoms with Crippen LogP contribution in [0.5, 0.6) is 5.75 Å². The van der Waals surface area contributed by atoms with Gasteiger partial charge in [-0.15, -0.1) is 0 Å². The number of nitrogens with one attached hydrogen (secondary N) is 1. The Bertz CT molecular complexity index is 649. The largest absolute Gasteiger partial charge is 0.495 e. The van der Waals surface area contributed by atoms with E-state index < -0.39 is 0 Å². The van der Waals surface area contributed by atoms with Gasteiger partial charge in [0.05, 0.1) is 12.7 Å². The quantitative estimate of drug-likeness (QED) is 0.829. The third-order valence-electron chi connectivity index (χ3n) is 3.19. The molecular formula is C17H17FN2O. The fraction of sp³-hybridized carbons (Fsp3) is 0.235. The molecule has 0 aromatic heterocycles. The number of benzene rings is 2. The molecule has 0 radical (unpaired) electrons. The first kappa shape index (κ1) is 15.0. The van der Waals surface area contributed by atoms with E-state index in [-0.39, 0.29) is 5.82 Å². The molecule has 0 amide bonds. The average molecular weight is 284 g/mol. The number of ether oxygens (including phenoxy) is 1. The normalized spacial score (nSPS) is 10.1. The van der Waals surface area contributed by atoms with E-state index in [9.17, 15) is 4.39 Å². The predicted octanol–water partition coefficient (Wildman–Crippen LogP) is 3.04. The molecule has 4 heteroatoms. The molecule has 0 saturated heterocycles. The van der Waals surface area contributed by atoms with Gasteiger partial charge in [0.2, 0.25) is 0 Å². The van der Waals surface area contributed by atoms with Crippen LogP contribution in [0.1, 0.15) is 16.7 Å². The zero-order valence-electron chi connectivity index (χ0n) is 11.9. The Morgan fingerprint density at radius 1 is 1.19 bits per heavy atom. The van der Waals surface area contributed by atoms with Crippen molar-refractivity contribution in [1.29, 1.82) is 5.26 Å². The average Bonchev–Trinajstić information content (AvgIpc) is 2.51. The van der Waals surface area contributed by atoms with Crippen molar-refractivity contribution in [3.05, 3.63) is 65.0 Å². The molecule has 0 aliphatic carbocycles. The van der Waals surface area contributed by atoms with Gasteiger partial charge in [-0.3, -0.25) is 0 Å². The molecule has 0 aliphatic rings. The third-order valence-corrected chi connectivity index (χ3v) is 3.19. The van der Waals surface area contributed by atoms with Crippen LogP contribution in [0.2, 0.25) is 0 Å². The monoisotopic (exact) mass is 284 g/mol. The summed E-state index contributed by atoms with van der Waals surface area (Å²) in [7, 11) is 1.55. The van der Waals surface area contributed by atoms with Crippen molar-refractivity contribution < 1.29 is 9.13 Å². The number of methoxy groups -OCH3 is 1. The minimum atomic E-state index is -0.204. The van der Waals surface area contributed by atoms with E-state index in [0.29, 0.717) is 17.9 Å². The summed E-state index contributed by atoms with van der Waals surface area (Å²) in [6.07, 6.45) is 0.769. The van der Waals surface area contributed by atoms with Gasteiger partial charge < -0.3 is 10.1 Å². The summed E-state index contributed by atoms with van der Waals surface area (Å²) < 4.78 is 18.2. The molecule has 2 aromatic rings. The van der Waals surface area contributed by atoms with Crippen LogP contribution in [0.3, 0.4) is 0 Å². The van der Waals surface area contributed by atoms with Crippen LogP contribution < -0.4 is 10.1 Å². The molecule has 0 heterocycles. The Kier molecular flexibility index (Phi) is 5.30. The van der Waals surface area contributed by atoms with Crippen molar-refractivity contribution in [1.82, 2.24) is 5.32 Å². The summed E-state index contributed by atoms with van der Waals surface area (Å²) in [5.74, 6) is 0.381. The van der Waals surface area contributed by atoms with E-state index in [4.69, 9.17) is 10.00 Å². The molecule has 2 rings (SSSR count). The molecule has 0 atom stereocenters. The van der Waals surface area contributed by atoms with E-state index >= 15 is 0 Å². The van der Waals surface area contributed by atoms with Gasteiger partial charge in [0, 0.05) is 6.54 Å². The van der Waals surface area contributed by atoms with Gasteiger partial charge >= 0.3 is 0 Å². The van der Waals surface area contributed by atoms with Crippen LogP contribution in [-0.2, 0) is 13.0 Å². The maximum absolute atomic E-state index is 13.0. The molecule has 0 fully saturated rings. The number of nitrogens with zero attached hydrogens (tertiary/aromatic N) is 1. The van der Waals surface area contributed by atoms with Gasteiger partial charge in [-0.25, -0.2) is 4.39 Å². The van der Waals surface area contributed by atoms with E-state index in [1.54, 1.807) is 25.3 Å². The van der Waals surface area contributed by atoms with Crippen LogP contribution >= 0.6 is 0 Å². The standard InChI is InChI=1S/C17H17FN2O/c1-21-17-10-14(5-6-15(17)11-19)12-20-8-7-13-3-2-4-16(18)9-13/h2-6,9-10,20H,7-8,12H2,1H3. The highest BCUT2D eigenvalue weighted by Gasteiger charge is 2.03. The molecule has 1 N–H and O–H groups in total. The van der Waals surface area contributed by atoms with Crippen molar-refractivity contribution >= 4 is 0 Å². The number of rotatable bonds is 6. The Morgan fingerprint density at radius 2 is 2.05 bits per heavy atom. The van der Waals surface area contributed by atoms with Gasteiger partial charge in [0.1, 0.15) is 17.6 Å². The van der Waals surface area contributed by atoms with E-state index in [0.717, 1.165) is 24.1 Å². The Morgan fingerprint density at radius 3 is 2.76 bits per heavy atom. The maximum Gasteiger partial charge on any atom is 0.136 e. The van der Waals surface area contributed by atoms with Crippen LogP contribution in [0.15, 0.2) is 42.5 Å². The minimum Gasteiger partial charge on any atom is -0.495 e. The summed E-state index contributed by atoms with van der Waals surface area (Å²) >= 11 is 0. The number of halogens is 1. The molecule has 0 spiro atoms. The lowest BCUT2D eigenvalue weighted by atomic mass is 10.1. The van der Waals surface area contributed by atoms with Crippen LogP contribution in [0.25, 0.3) is 0 Å². The van der Waals surface area contributed by atoms with Gasteiger partial charge in [-0.1, -0.05) is 18.2 Å². The number of hydrogen-bond donors (Lipinski definition) is 1. The first-order chi connectivity index (χ1) is 10.2. The van der Waals surface area contributed by atoms with Gasteiger partial charge in [0.25, 0.3) is 0 Å². The van der Waals surface area contributed by atoms with E-state index in [1.165, 1.54) is 6.07 Å². The van der Waals surface area contributed by atoms with Crippen LogP contribution in [-0.4, -0.2) is 13.7 Å². The first-order valence-electron chi connectivity index (χ1n) is 6.75. The van der Waals surface area contributed by atoms with Crippen molar-refractivity contribution in [2.45, 2.75) is 13.0 Å². The molecule has 108 valence electrons. The van der Waals surface area contributed by atoms with E-state index in [1.807, 2.05) is 18.2 Å². The molecule has 0 aliphatic heterocycles. The van der Waals surface area contributed by atoms with Gasteiger partial charge in [-0.2, -0.15) is 5.26 Å². The van der Waals surface area contributed by atoms with Crippen LogP contribution in [0.4, 0.5) is 4.39 Å². The molecule has 21 heavy (non-hydrogen) atoms. The molecule has 2 aromatic carbocycles. The summed E-state index contributed by atoms with van der Waals surface area (Å²) in [4.78, 5) is 0. The van der Waals surface area contributed by atoms with Crippen molar-refractivity contribution in [2.24, 2.45) is 0 Å². The second kappa shape index (κ2) is 7.41. The SMILES string of the molecule is COc1cc(CNCCc2cccc(F)c2)ccc1C#N. The Labute approximate surface area is 124 Å². The Balaban J connectivity index is 1.85. The lowest BCUT2D eigenvalue weighted by Gasteiger charge is -2.08. The fourth-order valence-corrected chi connectivity index (χ4v) is 2.10. The zero-order chi connectivity index (χ0) is 15.1. The number of hydrogen-bond acceptors (Lipinski definition) is 3. The second-order valence-electron chi connectivity index (χ2n) is 4.70. The van der Waals surface area contributed by atoms with Crippen molar-refractivity contribution in [3.8, 4) is 11.8 Å². The molecule has 0 saturated carbocycles. The van der Waals surface area contributed by atoms with E-state index in [2.05, 4.69) is 11.4 Å². The lowest BCUT2D eigenvalue weighted by Crippen LogP contribution is -2.16. The summed E-state index contributed by atoms with van der Waals surface area (Å²) in [5, 5.41) is 12.2. The Hall–Kier alpha value is -2.38. The van der Waals surface area contributed by atoms with Gasteiger partial charge in [-0.05, 0) is 48.4 Å². The molecule has 0 bridgehead atoms. The van der Waals surface area contributed by atoms with Crippen molar-refractivity contribution in [3.63, 3.8) is 0 Å². The number of nitriles is 1. The zero-order valence-corrected chi connectivity index (χ0v) is 11.9. The van der Waals surface area contributed by atoms with Gasteiger partial charge in [0.15, 0.2) is 0 Å². The molecule has 0 unspecified atom stereocenters. The van der Waals surface area contributed by atoms with Crippen LogP contribution in [0, 0.1) is 17.1 Å². The summed E-state index contributed by atoms with van der Waals surface area (Å²) in [6, 6.07) is 14.2. The van der Waals surface area contributed by atoms with Crippen molar-refractivity contribution in [2.75, 3.05) is 13.7 Å². The third kappa shape index (κ3) is 4.30. The smallest absolute Gasteiger partial charge is 0.136 e. The highest BCUT2D eigenvalue weighted by Crippen LogP contribution is 2.19. The highest BCUT2D eigenvalue weighted by atomic mass is 19.1. The maximum atomic E-state index is 13.0. The predicted molar refractivity (Wildman–Crippen MR) is 79.5 cm³/mol. The molecule has 3 nitrogen and oxygen atoms in total.